The molecule has 10 heteroatoms. The van der Waals surface area contributed by atoms with Crippen LogP contribution in [-0.2, 0) is 9.53 Å². The maximum Gasteiger partial charge on any atom is 0.338 e. The molecule has 198 valence electrons. The number of aromatic carboxylic acids is 1. The normalized spacial score (nSPS) is 15.2. The molecule has 0 saturated carbocycles. The van der Waals surface area contributed by atoms with Crippen molar-refractivity contribution < 1.29 is 23.8 Å². The summed E-state index contributed by atoms with van der Waals surface area (Å²) in [6.07, 6.45) is 3.58. The number of carboxylic acid groups (broad SMARTS) is 1. The van der Waals surface area contributed by atoms with Crippen molar-refractivity contribution in [1.82, 2.24) is 4.57 Å². The third kappa shape index (κ3) is 5.00. The zero-order valence-corrected chi connectivity index (χ0v) is 23.0. The highest BCUT2D eigenvalue weighted by atomic mass is 32.2. The van der Waals surface area contributed by atoms with E-state index in [0.717, 1.165) is 10.5 Å². The molecule has 0 unspecified atom stereocenters. The number of esters is 1. The Morgan fingerprint density at radius 1 is 1.15 bits per heavy atom. The van der Waals surface area contributed by atoms with Crippen LogP contribution in [0.5, 0.6) is 0 Å². The third-order valence-electron chi connectivity index (χ3n) is 6.27. The van der Waals surface area contributed by atoms with Crippen LogP contribution in [0, 0.1) is 0 Å². The van der Waals surface area contributed by atoms with Gasteiger partial charge in [0, 0.05) is 16.5 Å². The second-order valence-electron chi connectivity index (χ2n) is 8.63. The Morgan fingerprint density at radius 2 is 1.90 bits per heavy atom. The van der Waals surface area contributed by atoms with Gasteiger partial charge in [0.05, 0.1) is 34.0 Å². The molecule has 0 saturated heterocycles. The number of fused-ring (bicyclic) bond motifs is 1. The van der Waals surface area contributed by atoms with Gasteiger partial charge in [-0.1, -0.05) is 41.7 Å². The molecule has 1 aliphatic heterocycles. The molecule has 0 spiro atoms. The van der Waals surface area contributed by atoms with E-state index in [2.05, 4.69) is 4.99 Å². The molecule has 0 amide bonds. The maximum absolute atomic E-state index is 13.8. The molecule has 4 aromatic rings. The van der Waals surface area contributed by atoms with Crippen LogP contribution in [0.4, 0.5) is 0 Å². The molecule has 0 fully saturated rings. The van der Waals surface area contributed by atoms with Gasteiger partial charge in [-0.05, 0) is 56.0 Å². The molecule has 8 nitrogen and oxygen atoms in total. The number of carbonyl (C=O) groups excluding carboxylic acids is 1. The number of rotatable bonds is 7. The molecule has 3 heterocycles. The summed E-state index contributed by atoms with van der Waals surface area (Å²) < 4.78 is 13.1. The molecule has 0 bridgehead atoms. The summed E-state index contributed by atoms with van der Waals surface area (Å²) >= 11 is 2.79. The number of carboxylic acids is 1. The first-order valence-electron chi connectivity index (χ1n) is 12.1. The van der Waals surface area contributed by atoms with Crippen molar-refractivity contribution in [2.24, 2.45) is 4.99 Å². The summed E-state index contributed by atoms with van der Waals surface area (Å²) in [6.45, 7) is 3.67. The van der Waals surface area contributed by atoms with Crippen LogP contribution in [-0.4, -0.2) is 34.5 Å². The van der Waals surface area contributed by atoms with Crippen molar-refractivity contribution in [3.05, 3.63) is 109 Å². The van der Waals surface area contributed by atoms with Gasteiger partial charge in [-0.15, -0.1) is 11.8 Å². The summed E-state index contributed by atoms with van der Waals surface area (Å²) in [5.41, 5.74) is 1.81. The lowest BCUT2D eigenvalue weighted by Gasteiger charge is -2.24. The van der Waals surface area contributed by atoms with Gasteiger partial charge in [-0.25, -0.2) is 14.6 Å². The van der Waals surface area contributed by atoms with E-state index < -0.39 is 18.0 Å². The molecule has 0 aliphatic carbocycles. The van der Waals surface area contributed by atoms with Crippen molar-refractivity contribution in [3.63, 3.8) is 0 Å². The standard InChI is InChI=1S/C29H24N2O6S2/c1-4-36-28(35)24-16(2)30-29-31(25(24)17-9-12-19(38-3)13-10-17)26(32)23(39-29)15-18-11-14-22(37-18)20-7-5-6-8-21(20)27(33)34/h5-15,25H,4H2,1-3H3,(H,33,34)/b23-15-/t25-/m0/s1. The van der Waals surface area contributed by atoms with Gasteiger partial charge >= 0.3 is 11.9 Å². The molecule has 0 radical (unpaired) electrons. The Balaban J connectivity index is 1.63. The van der Waals surface area contributed by atoms with Crippen LogP contribution in [0.2, 0.25) is 0 Å². The van der Waals surface area contributed by atoms with Gasteiger partial charge in [0.25, 0.3) is 5.56 Å². The second kappa shape index (κ2) is 10.9. The first-order valence-corrected chi connectivity index (χ1v) is 14.1. The van der Waals surface area contributed by atoms with Crippen molar-refractivity contribution >= 4 is 41.1 Å². The summed E-state index contributed by atoms with van der Waals surface area (Å²) in [5, 5.41) is 9.52. The van der Waals surface area contributed by atoms with Crippen LogP contribution >= 0.6 is 23.1 Å². The first-order chi connectivity index (χ1) is 18.8. The zero-order valence-electron chi connectivity index (χ0n) is 21.3. The number of hydrogen-bond acceptors (Lipinski definition) is 8. The van der Waals surface area contributed by atoms with Crippen molar-refractivity contribution in [1.29, 1.82) is 0 Å². The summed E-state index contributed by atoms with van der Waals surface area (Å²) in [4.78, 5) is 44.5. The van der Waals surface area contributed by atoms with Gasteiger partial charge < -0.3 is 14.3 Å². The number of carbonyl (C=O) groups is 2. The number of benzene rings is 2. The lowest BCUT2D eigenvalue weighted by atomic mass is 9.96. The van der Waals surface area contributed by atoms with Gasteiger partial charge in [0.2, 0.25) is 0 Å². The van der Waals surface area contributed by atoms with Crippen LogP contribution in [0.1, 0.15) is 41.6 Å². The van der Waals surface area contributed by atoms with Crippen molar-refractivity contribution in [2.45, 2.75) is 24.8 Å². The predicted molar refractivity (Wildman–Crippen MR) is 150 cm³/mol. The molecule has 1 aliphatic rings. The molecule has 5 rings (SSSR count). The van der Waals surface area contributed by atoms with E-state index in [1.807, 2.05) is 30.5 Å². The Bertz CT molecular complexity index is 1790. The van der Waals surface area contributed by atoms with E-state index in [9.17, 15) is 19.5 Å². The van der Waals surface area contributed by atoms with Gasteiger partial charge in [-0.3, -0.25) is 9.36 Å². The second-order valence-corrected chi connectivity index (χ2v) is 10.5. The Hall–Kier alpha value is -4.15. The lowest BCUT2D eigenvalue weighted by Crippen LogP contribution is -2.39. The monoisotopic (exact) mass is 560 g/mol. The fraction of sp³-hybridized carbons (Fsp3) is 0.172. The van der Waals surface area contributed by atoms with Gasteiger partial charge in [0.15, 0.2) is 4.80 Å². The Kier molecular flexibility index (Phi) is 7.40. The summed E-state index contributed by atoms with van der Waals surface area (Å²) in [6, 6.07) is 16.9. The van der Waals surface area contributed by atoms with Crippen LogP contribution in [0.3, 0.4) is 0 Å². The Labute approximate surface area is 231 Å². The smallest absolute Gasteiger partial charge is 0.338 e. The van der Waals surface area contributed by atoms with E-state index in [4.69, 9.17) is 9.15 Å². The summed E-state index contributed by atoms with van der Waals surface area (Å²) in [7, 11) is 0. The lowest BCUT2D eigenvalue weighted by molar-refractivity contribution is -0.139. The fourth-order valence-electron chi connectivity index (χ4n) is 4.48. The minimum atomic E-state index is -1.06. The molecule has 1 N–H and O–H groups in total. The van der Waals surface area contributed by atoms with Gasteiger partial charge in [0.1, 0.15) is 11.5 Å². The number of thiazole rings is 1. The van der Waals surface area contributed by atoms with Gasteiger partial charge in [-0.2, -0.15) is 0 Å². The average molecular weight is 561 g/mol. The van der Waals surface area contributed by atoms with Crippen LogP contribution in [0.15, 0.2) is 91.0 Å². The number of thioether (sulfide) groups is 1. The third-order valence-corrected chi connectivity index (χ3v) is 8.00. The van der Waals surface area contributed by atoms with E-state index in [-0.39, 0.29) is 17.7 Å². The Morgan fingerprint density at radius 3 is 2.59 bits per heavy atom. The minimum Gasteiger partial charge on any atom is -0.478 e. The van der Waals surface area contributed by atoms with Crippen LogP contribution in [0.25, 0.3) is 17.4 Å². The van der Waals surface area contributed by atoms with E-state index in [1.54, 1.807) is 62.0 Å². The zero-order chi connectivity index (χ0) is 27.7. The fourth-order valence-corrected chi connectivity index (χ4v) is 5.92. The molecule has 2 aromatic heterocycles. The molecular weight excluding hydrogens is 536 g/mol. The van der Waals surface area contributed by atoms with E-state index in [0.29, 0.717) is 37.7 Å². The summed E-state index contributed by atoms with van der Waals surface area (Å²) in [5.74, 6) is -0.813. The first kappa shape index (κ1) is 26.5. The molecule has 39 heavy (non-hydrogen) atoms. The maximum atomic E-state index is 13.8. The highest BCUT2D eigenvalue weighted by molar-refractivity contribution is 7.98. The minimum absolute atomic E-state index is 0.118. The van der Waals surface area contributed by atoms with Crippen LogP contribution < -0.4 is 14.9 Å². The number of hydrogen-bond donors (Lipinski definition) is 1. The topological polar surface area (TPSA) is 111 Å². The molecule has 2 aromatic carbocycles. The number of aromatic nitrogens is 1. The van der Waals surface area contributed by atoms with E-state index in [1.165, 1.54) is 22.0 Å². The number of furan rings is 1. The predicted octanol–water partition coefficient (Wildman–Crippen LogP) is 4.48. The van der Waals surface area contributed by atoms with Crippen molar-refractivity contribution in [3.8, 4) is 11.3 Å². The SMILES string of the molecule is CCOC(=O)C1=C(C)N=c2s/c(=C\c3ccc(-c4ccccc4C(=O)O)o3)c(=O)n2[C@H]1c1ccc(SC)cc1. The number of nitrogens with zero attached hydrogens (tertiary/aromatic N) is 2. The average Bonchev–Trinajstić information content (AvgIpc) is 3.52. The molecule has 1 atom stereocenters. The quantitative estimate of drug-likeness (QED) is 0.262. The number of allylic oxidation sites excluding steroid dienone is 1. The van der Waals surface area contributed by atoms with E-state index >= 15 is 0 Å². The largest absolute Gasteiger partial charge is 0.478 e. The highest BCUT2D eigenvalue weighted by Gasteiger charge is 2.33. The van der Waals surface area contributed by atoms with Crippen molar-refractivity contribution in [2.75, 3.05) is 12.9 Å². The highest BCUT2D eigenvalue weighted by Crippen LogP contribution is 2.32. The number of ether oxygens (including phenoxy) is 1. The molecular formula is C29H24N2O6S2.